The highest BCUT2D eigenvalue weighted by Gasteiger charge is 2.56. The molecule has 0 aromatic rings. The fourth-order valence-corrected chi connectivity index (χ4v) is 3.06. The smallest absolute Gasteiger partial charge is 0.334 e. The molecule has 0 bridgehead atoms. The molecule has 3 nitrogen and oxygen atoms in total. The lowest BCUT2D eigenvalue weighted by atomic mass is 9.93. The van der Waals surface area contributed by atoms with Gasteiger partial charge in [-0.05, 0) is 18.3 Å². The van der Waals surface area contributed by atoms with Gasteiger partial charge in [-0.25, -0.2) is 8.78 Å². The summed E-state index contributed by atoms with van der Waals surface area (Å²) in [5.74, 6) is -6.09. The van der Waals surface area contributed by atoms with E-state index in [9.17, 15) is 22.4 Å². The lowest BCUT2D eigenvalue weighted by Crippen LogP contribution is -2.50. The Kier molecular flexibility index (Phi) is 3.53. The lowest BCUT2D eigenvalue weighted by molar-refractivity contribution is -0.181. The average Bonchev–Trinajstić information content (AvgIpc) is 2.86. The van der Waals surface area contributed by atoms with Gasteiger partial charge in [-0.1, -0.05) is 6.92 Å². The third kappa shape index (κ3) is 1.98. The third-order valence-electron chi connectivity index (χ3n) is 3.96. The minimum Gasteiger partial charge on any atom is -0.334 e. The standard InChI is InChI=1S/C11H16F4N2O/c1-2-8-7-4-16-3-6(7)5-17(8)10(18)11(14,15)9(12)13/h6-9,16H,2-5H2,1H3. The van der Waals surface area contributed by atoms with Gasteiger partial charge in [0.2, 0.25) is 0 Å². The van der Waals surface area contributed by atoms with Crippen LogP contribution < -0.4 is 5.32 Å². The number of hydrogen-bond acceptors (Lipinski definition) is 2. The van der Waals surface area contributed by atoms with Crippen molar-refractivity contribution in [2.24, 2.45) is 11.8 Å². The first-order valence-corrected chi connectivity index (χ1v) is 6.07. The molecule has 2 heterocycles. The Hall–Kier alpha value is -0.850. The number of nitrogens with zero attached hydrogens (tertiary/aromatic N) is 1. The highest BCUT2D eigenvalue weighted by atomic mass is 19.3. The van der Waals surface area contributed by atoms with Crippen LogP contribution in [0.5, 0.6) is 0 Å². The molecule has 0 aromatic carbocycles. The summed E-state index contributed by atoms with van der Waals surface area (Å²) in [4.78, 5) is 12.5. The predicted octanol–water partition coefficient (Wildman–Crippen LogP) is 1.34. The molecule has 2 aliphatic rings. The number of rotatable bonds is 3. The second kappa shape index (κ2) is 4.68. The van der Waals surface area contributed by atoms with Gasteiger partial charge in [0.25, 0.3) is 5.91 Å². The Morgan fingerprint density at radius 2 is 2.11 bits per heavy atom. The van der Waals surface area contributed by atoms with Gasteiger partial charge in [0.1, 0.15) is 0 Å². The maximum atomic E-state index is 13.1. The van der Waals surface area contributed by atoms with Crippen LogP contribution in [0.4, 0.5) is 17.6 Å². The summed E-state index contributed by atoms with van der Waals surface area (Å²) >= 11 is 0. The van der Waals surface area contributed by atoms with Gasteiger partial charge in [0.05, 0.1) is 0 Å². The molecular formula is C11H16F4N2O. The molecule has 0 spiro atoms. The van der Waals surface area contributed by atoms with Crippen LogP contribution in [0.1, 0.15) is 13.3 Å². The minimum absolute atomic E-state index is 0.104. The van der Waals surface area contributed by atoms with E-state index in [2.05, 4.69) is 5.32 Å². The molecule has 3 atom stereocenters. The summed E-state index contributed by atoms with van der Waals surface area (Å²) in [5.41, 5.74) is 0. The quantitative estimate of drug-likeness (QED) is 0.783. The van der Waals surface area contributed by atoms with Crippen molar-refractivity contribution < 1.29 is 22.4 Å². The number of hydrogen-bond donors (Lipinski definition) is 1. The van der Waals surface area contributed by atoms with E-state index >= 15 is 0 Å². The molecule has 7 heteroatoms. The maximum absolute atomic E-state index is 13.1. The predicted molar refractivity (Wildman–Crippen MR) is 56.6 cm³/mol. The molecule has 3 unspecified atom stereocenters. The van der Waals surface area contributed by atoms with Crippen LogP contribution in [0.15, 0.2) is 0 Å². The Labute approximate surface area is 103 Å². The lowest BCUT2D eigenvalue weighted by Gasteiger charge is -2.29. The first kappa shape index (κ1) is 13.6. The van der Waals surface area contributed by atoms with Crippen LogP contribution in [-0.2, 0) is 4.79 Å². The molecule has 0 aromatic heterocycles. The van der Waals surface area contributed by atoms with E-state index in [4.69, 9.17) is 0 Å². The fraction of sp³-hybridized carbons (Fsp3) is 0.909. The van der Waals surface area contributed by atoms with Crippen molar-refractivity contribution in [3.8, 4) is 0 Å². The number of alkyl halides is 4. The van der Waals surface area contributed by atoms with Gasteiger partial charge < -0.3 is 10.2 Å². The number of carbonyl (C=O) groups excluding carboxylic acids is 1. The summed E-state index contributed by atoms with van der Waals surface area (Å²) < 4.78 is 50.7. The Balaban J connectivity index is 2.16. The monoisotopic (exact) mass is 268 g/mol. The minimum atomic E-state index is -4.57. The van der Waals surface area contributed by atoms with E-state index < -0.39 is 18.3 Å². The summed E-state index contributed by atoms with van der Waals surface area (Å²) in [7, 11) is 0. The zero-order valence-corrected chi connectivity index (χ0v) is 10.0. The van der Waals surface area contributed by atoms with E-state index in [1.54, 1.807) is 6.92 Å². The van der Waals surface area contributed by atoms with Crippen molar-refractivity contribution in [1.29, 1.82) is 0 Å². The van der Waals surface area contributed by atoms with E-state index in [0.29, 0.717) is 19.5 Å². The molecule has 0 aliphatic carbocycles. The van der Waals surface area contributed by atoms with Crippen LogP contribution >= 0.6 is 0 Å². The fourth-order valence-electron chi connectivity index (χ4n) is 3.06. The first-order chi connectivity index (χ1) is 8.39. The van der Waals surface area contributed by atoms with Crippen LogP contribution in [0.2, 0.25) is 0 Å². The number of amides is 1. The largest absolute Gasteiger partial charge is 0.383 e. The van der Waals surface area contributed by atoms with Crippen LogP contribution in [0, 0.1) is 11.8 Å². The van der Waals surface area contributed by atoms with Crippen LogP contribution in [-0.4, -0.2) is 48.8 Å². The van der Waals surface area contributed by atoms with E-state index in [0.717, 1.165) is 4.90 Å². The van der Waals surface area contributed by atoms with E-state index in [1.165, 1.54) is 0 Å². The topological polar surface area (TPSA) is 32.3 Å². The zero-order valence-electron chi connectivity index (χ0n) is 10.0. The van der Waals surface area contributed by atoms with Gasteiger partial charge in [0, 0.05) is 25.7 Å². The van der Waals surface area contributed by atoms with Gasteiger partial charge in [-0.3, -0.25) is 4.79 Å². The summed E-state index contributed by atoms with van der Waals surface area (Å²) in [6.07, 6.45) is -3.44. The second-order valence-electron chi connectivity index (χ2n) is 4.94. The third-order valence-corrected chi connectivity index (χ3v) is 3.96. The van der Waals surface area contributed by atoms with Crippen molar-refractivity contribution in [2.75, 3.05) is 19.6 Å². The highest BCUT2D eigenvalue weighted by Crippen LogP contribution is 2.37. The average molecular weight is 268 g/mol. The molecule has 2 rings (SSSR count). The number of likely N-dealkylation sites (tertiary alicyclic amines) is 1. The molecule has 18 heavy (non-hydrogen) atoms. The maximum Gasteiger partial charge on any atom is 0.383 e. The van der Waals surface area contributed by atoms with Gasteiger partial charge >= 0.3 is 12.3 Å². The molecular weight excluding hydrogens is 252 g/mol. The molecule has 1 amide bonds. The van der Waals surface area contributed by atoms with E-state index in [-0.39, 0.29) is 24.4 Å². The molecule has 0 saturated carbocycles. The SMILES string of the molecule is CCC1C2CNCC2CN1C(=O)C(F)(F)C(F)F. The molecule has 1 N–H and O–H groups in total. The van der Waals surface area contributed by atoms with Crippen molar-refractivity contribution in [3.05, 3.63) is 0 Å². The molecule has 2 fully saturated rings. The Bertz CT molecular complexity index is 337. The number of carbonyl (C=O) groups is 1. The van der Waals surface area contributed by atoms with Crippen LogP contribution in [0.3, 0.4) is 0 Å². The second-order valence-corrected chi connectivity index (χ2v) is 4.94. The van der Waals surface area contributed by atoms with Crippen LogP contribution in [0.25, 0.3) is 0 Å². The number of nitrogens with one attached hydrogen (secondary N) is 1. The van der Waals surface area contributed by atoms with Crippen molar-refractivity contribution in [3.63, 3.8) is 0 Å². The summed E-state index contributed by atoms with van der Waals surface area (Å²) in [6.45, 7) is 3.25. The molecule has 0 radical (unpaired) electrons. The highest BCUT2D eigenvalue weighted by molar-refractivity contribution is 5.84. The molecule has 104 valence electrons. The van der Waals surface area contributed by atoms with Gasteiger partial charge in [-0.2, -0.15) is 8.78 Å². The van der Waals surface area contributed by atoms with Crippen molar-refractivity contribution in [1.82, 2.24) is 10.2 Å². The summed E-state index contributed by atoms with van der Waals surface area (Å²) in [6, 6.07) is -0.359. The Morgan fingerprint density at radius 3 is 2.67 bits per heavy atom. The summed E-state index contributed by atoms with van der Waals surface area (Å²) in [5, 5.41) is 3.14. The van der Waals surface area contributed by atoms with Crippen molar-refractivity contribution in [2.45, 2.75) is 31.7 Å². The van der Waals surface area contributed by atoms with Gasteiger partial charge in [0.15, 0.2) is 0 Å². The normalized spacial score (nSPS) is 32.1. The van der Waals surface area contributed by atoms with Gasteiger partial charge in [-0.15, -0.1) is 0 Å². The number of halogens is 4. The first-order valence-electron chi connectivity index (χ1n) is 6.07. The van der Waals surface area contributed by atoms with E-state index in [1.807, 2.05) is 0 Å². The Morgan fingerprint density at radius 1 is 1.44 bits per heavy atom. The zero-order chi connectivity index (χ0) is 13.5. The van der Waals surface area contributed by atoms with Crippen molar-refractivity contribution >= 4 is 5.91 Å². The molecule has 2 saturated heterocycles. The molecule has 2 aliphatic heterocycles. The number of fused-ring (bicyclic) bond motifs is 1.